The summed E-state index contributed by atoms with van der Waals surface area (Å²) in [7, 11) is 0. The first-order chi connectivity index (χ1) is 5.99. The van der Waals surface area contributed by atoms with E-state index in [1.807, 2.05) is 13.8 Å². The van der Waals surface area contributed by atoms with Gasteiger partial charge in [0.15, 0.2) is 0 Å². The molecule has 0 atom stereocenters. The van der Waals surface area contributed by atoms with Crippen LogP contribution >= 0.6 is 11.8 Å². The molecule has 2 N–H and O–H groups in total. The van der Waals surface area contributed by atoms with Crippen LogP contribution in [0.3, 0.4) is 0 Å². The van der Waals surface area contributed by atoms with Crippen LogP contribution in [-0.2, 0) is 4.79 Å². The quantitative estimate of drug-likeness (QED) is 0.531. The Labute approximate surface area is 81.6 Å². The number of carboxylic acids is 1. The van der Waals surface area contributed by atoms with Crippen molar-refractivity contribution in [1.82, 2.24) is 5.32 Å². The number of rotatable bonds is 4. The molecule has 0 unspecified atom stereocenters. The molecule has 0 saturated carbocycles. The molecule has 0 radical (unpaired) electrons. The topological polar surface area (TPSA) is 73.1 Å². The van der Waals surface area contributed by atoms with Gasteiger partial charge in [0.05, 0.1) is 0 Å². The molecule has 0 amide bonds. The van der Waals surface area contributed by atoms with Crippen molar-refractivity contribution in [3.05, 3.63) is 10.6 Å². The lowest BCUT2D eigenvalue weighted by molar-refractivity contribution is -0.131. The van der Waals surface area contributed by atoms with E-state index in [9.17, 15) is 4.79 Å². The van der Waals surface area contributed by atoms with E-state index in [2.05, 4.69) is 5.32 Å². The minimum atomic E-state index is -1.07. The van der Waals surface area contributed by atoms with Crippen molar-refractivity contribution in [2.75, 3.05) is 0 Å². The maximum Gasteiger partial charge on any atom is 0.345 e. The van der Waals surface area contributed by atoms with Crippen molar-refractivity contribution in [3.63, 3.8) is 0 Å². The Morgan fingerprint density at radius 1 is 1.62 bits per heavy atom. The number of aliphatic carboxylic acids is 1. The Morgan fingerprint density at radius 2 is 2.15 bits per heavy atom. The maximum atomic E-state index is 10.6. The number of carbonyl (C=O) groups is 1. The van der Waals surface area contributed by atoms with Crippen LogP contribution in [0.25, 0.3) is 0 Å². The van der Waals surface area contributed by atoms with Crippen LogP contribution in [0.15, 0.2) is 10.6 Å². The highest BCUT2D eigenvalue weighted by atomic mass is 32.2. The van der Waals surface area contributed by atoms with Crippen LogP contribution in [0.5, 0.6) is 0 Å². The summed E-state index contributed by atoms with van der Waals surface area (Å²) in [5.74, 6) is -1.07. The summed E-state index contributed by atoms with van der Waals surface area (Å²) < 4.78 is 0. The van der Waals surface area contributed by atoms with E-state index in [1.54, 1.807) is 12.3 Å². The second-order valence-electron chi connectivity index (χ2n) is 2.75. The molecule has 0 bridgehead atoms. The third-order valence-corrected chi connectivity index (χ3v) is 1.96. The van der Waals surface area contributed by atoms with Crippen molar-refractivity contribution in [2.45, 2.75) is 26.8 Å². The zero-order valence-electron chi connectivity index (χ0n) is 7.79. The first-order valence-corrected chi connectivity index (χ1v) is 4.57. The fourth-order valence-electron chi connectivity index (χ4n) is 0.825. The van der Waals surface area contributed by atoms with Crippen molar-refractivity contribution in [3.8, 4) is 5.40 Å². The van der Waals surface area contributed by atoms with Gasteiger partial charge in [-0.25, -0.2) is 4.79 Å². The Bertz CT molecular complexity index is 266. The zero-order chi connectivity index (χ0) is 10.4. The van der Waals surface area contributed by atoms with Gasteiger partial charge < -0.3 is 10.4 Å². The standard InChI is InChI=1S/C8H12N2O2S/c1-5(2)10-6(3)7(8(11)12)13-4-9/h5,10H,1-3H3,(H,11,12)/b7-6+. The summed E-state index contributed by atoms with van der Waals surface area (Å²) in [5.41, 5.74) is 0.522. The number of nitrogens with one attached hydrogen (secondary N) is 1. The Balaban J connectivity index is 4.66. The van der Waals surface area contributed by atoms with Gasteiger partial charge in [0.1, 0.15) is 10.3 Å². The molecule has 72 valence electrons. The van der Waals surface area contributed by atoms with Crippen LogP contribution in [0.4, 0.5) is 0 Å². The van der Waals surface area contributed by atoms with Gasteiger partial charge in [-0.1, -0.05) is 0 Å². The summed E-state index contributed by atoms with van der Waals surface area (Å²) in [5, 5.41) is 21.8. The van der Waals surface area contributed by atoms with Crippen LogP contribution in [0.2, 0.25) is 0 Å². The molecule has 4 nitrogen and oxygen atoms in total. The molecular weight excluding hydrogens is 188 g/mol. The Hall–Kier alpha value is -1.15. The summed E-state index contributed by atoms with van der Waals surface area (Å²) in [6.07, 6.45) is 0. The fourth-order valence-corrected chi connectivity index (χ4v) is 1.22. The largest absolute Gasteiger partial charge is 0.477 e. The van der Waals surface area contributed by atoms with E-state index in [1.165, 1.54) is 0 Å². The third-order valence-electron chi connectivity index (χ3n) is 1.19. The number of thioether (sulfide) groups is 1. The molecular formula is C8H12N2O2S. The maximum absolute atomic E-state index is 10.6. The van der Waals surface area contributed by atoms with Crippen molar-refractivity contribution in [1.29, 1.82) is 5.26 Å². The Kier molecular flexibility index (Phi) is 5.00. The number of hydrogen-bond donors (Lipinski definition) is 2. The minimum absolute atomic E-state index is 0.0520. The van der Waals surface area contributed by atoms with Gasteiger partial charge >= 0.3 is 5.97 Å². The summed E-state index contributed by atoms with van der Waals surface area (Å²) >= 11 is 0.658. The average molecular weight is 200 g/mol. The second-order valence-corrected chi connectivity index (χ2v) is 3.55. The van der Waals surface area contributed by atoms with E-state index < -0.39 is 5.97 Å². The number of thiocyanates is 1. The monoisotopic (exact) mass is 200 g/mol. The van der Waals surface area contributed by atoms with Crippen LogP contribution in [0.1, 0.15) is 20.8 Å². The molecule has 0 aromatic rings. The lowest BCUT2D eigenvalue weighted by Crippen LogP contribution is -2.22. The molecule has 0 aliphatic heterocycles. The van der Waals surface area contributed by atoms with Crippen LogP contribution < -0.4 is 5.32 Å². The molecule has 0 aromatic heterocycles. The summed E-state index contributed by atoms with van der Waals surface area (Å²) in [6, 6.07) is 0.161. The highest BCUT2D eigenvalue weighted by molar-refractivity contribution is 8.08. The van der Waals surface area contributed by atoms with E-state index in [4.69, 9.17) is 10.4 Å². The van der Waals surface area contributed by atoms with Gasteiger partial charge in [-0.15, -0.1) is 0 Å². The Morgan fingerprint density at radius 3 is 2.46 bits per heavy atom. The molecule has 0 heterocycles. The predicted octanol–water partition coefficient (Wildman–Crippen LogP) is 1.51. The van der Waals surface area contributed by atoms with E-state index in [-0.39, 0.29) is 10.9 Å². The molecule has 0 aromatic carbocycles. The zero-order valence-corrected chi connectivity index (χ0v) is 8.60. The second kappa shape index (κ2) is 5.49. The van der Waals surface area contributed by atoms with Crippen molar-refractivity contribution < 1.29 is 9.90 Å². The van der Waals surface area contributed by atoms with Gasteiger partial charge in [0.2, 0.25) is 0 Å². The summed E-state index contributed by atoms with van der Waals surface area (Å²) in [6.45, 7) is 5.45. The number of nitriles is 1. The van der Waals surface area contributed by atoms with Gasteiger partial charge in [-0.2, -0.15) is 5.26 Å². The van der Waals surface area contributed by atoms with Crippen molar-refractivity contribution in [2.24, 2.45) is 0 Å². The molecule has 0 aliphatic rings. The minimum Gasteiger partial charge on any atom is -0.477 e. The van der Waals surface area contributed by atoms with Gasteiger partial charge in [0, 0.05) is 11.7 Å². The molecule has 0 aliphatic carbocycles. The lowest BCUT2D eigenvalue weighted by atomic mass is 10.3. The fraction of sp³-hybridized carbons (Fsp3) is 0.500. The van der Waals surface area contributed by atoms with Crippen LogP contribution in [0, 0.1) is 10.7 Å². The number of allylic oxidation sites excluding steroid dienone is 1. The van der Waals surface area contributed by atoms with E-state index in [0.717, 1.165) is 0 Å². The van der Waals surface area contributed by atoms with E-state index >= 15 is 0 Å². The van der Waals surface area contributed by atoms with Gasteiger partial charge in [-0.05, 0) is 32.5 Å². The highest BCUT2D eigenvalue weighted by Gasteiger charge is 2.12. The summed E-state index contributed by atoms with van der Waals surface area (Å²) in [4.78, 5) is 10.7. The SMILES string of the molecule is C/C(NC(C)C)=C(\SC#N)C(=O)O. The molecule has 5 heteroatoms. The number of carboxylic acid groups (broad SMARTS) is 1. The highest BCUT2D eigenvalue weighted by Crippen LogP contribution is 2.17. The van der Waals surface area contributed by atoms with Gasteiger partial charge in [0.25, 0.3) is 0 Å². The molecule has 0 fully saturated rings. The molecule has 13 heavy (non-hydrogen) atoms. The molecule has 0 spiro atoms. The number of nitrogens with zero attached hydrogens (tertiary/aromatic N) is 1. The predicted molar refractivity (Wildman–Crippen MR) is 51.8 cm³/mol. The van der Waals surface area contributed by atoms with Crippen molar-refractivity contribution >= 4 is 17.7 Å². The van der Waals surface area contributed by atoms with Gasteiger partial charge in [-0.3, -0.25) is 0 Å². The number of hydrogen-bond acceptors (Lipinski definition) is 4. The lowest BCUT2D eigenvalue weighted by Gasteiger charge is -2.11. The molecule has 0 rings (SSSR count). The van der Waals surface area contributed by atoms with E-state index in [0.29, 0.717) is 17.5 Å². The first-order valence-electron chi connectivity index (χ1n) is 3.75. The first kappa shape index (κ1) is 11.8. The third kappa shape index (κ3) is 4.43. The van der Waals surface area contributed by atoms with Crippen LogP contribution in [-0.4, -0.2) is 17.1 Å². The average Bonchev–Trinajstić information content (AvgIpc) is 1.97. The normalized spacial score (nSPS) is 11.9. The smallest absolute Gasteiger partial charge is 0.345 e. The molecule has 0 saturated heterocycles.